The van der Waals surface area contributed by atoms with Crippen molar-refractivity contribution in [1.29, 1.82) is 0 Å². The topological polar surface area (TPSA) is 119 Å². The number of anilines is 1. The molecular weight excluding hydrogens is 392 g/mol. The molecule has 0 saturated carbocycles. The summed E-state index contributed by atoms with van der Waals surface area (Å²) in [6.07, 6.45) is 4.69. The number of esters is 1. The van der Waals surface area contributed by atoms with E-state index in [1.54, 1.807) is 37.6 Å². The van der Waals surface area contributed by atoms with Gasteiger partial charge in [-0.05, 0) is 24.6 Å². The monoisotopic (exact) mass is 412 g/mol. The van der Waals surface area contributed by atoms with E-state index in [1.807, 2.05) is 0 Å². The summed E-state index contributed by atoms with van der Waals surface area (Å²) in [4.78, 5) is 34.9. The number of aromatic nitrogens is 2. The van der Waals surface area contributed by atoms with Crippen molar-refractivity contribution in [2.45, 2.75) is 6.42 Å². The van der Waals surface area contributed by atoms with Crippen LogP contribution in [0.3, 0.4) is 0 Å². The van der Waals surface area contributed by atoms with Crippen molar-refractivity contribution in [3.05, 3.63) is 40.3 Å². The predicted octanol–water partition coefficient (Wildman–Crippen LogP) is 0.492. The van der Waals surface area contributed by atoms with Gasteiger partial charge in [-0.15, -0.1) is 11.3 Å². The van der Waals surface area contributed by atoms with E-state index in [-0.39, 0.29) is 25.5 Å². The molecule has 0 spiro atoms. The van der Waals surface area contributed by atoms with Crippen molar-refractivity contribution in [1.82, 2.24) is 14.7 Å². The lowest BCUT2D eigenvalue weighted by molar-refractivity contribution is -0.140. The first-order valence-electron chi connectivity index (χ1n) is 7.95. The van der Waals surface area contributed by atoms with Crippen LogP contribution in [0.2, 0.25) is 0 Å². The van der Waals surface area contributed by atoms with E-state index in [4.69, 9.17) is 4.74 Å². The molecule has 0 radical (unpaired) electrons. The summed E-state index contributed by atoms with van der Waals surface area (Å²) in [6, 6.07) is 5.06. The molecule has 2 aromatic heterocycles. The van der Waals surface area contributed by atoms with E-state index in [2.05, 4.69) is 14.7 Å². The maximum atomic E-state index is 12.1. The van der Waals surface area contributed by atoms with Gasteiger partial charge in [0.15, 0.2) is 6.61 Å². The van der Waals surface area contributed by atoms with Crippen LogP contribution in [0.4, 0.5) is 5.95 Å². The second-order valence-corrected chi connectivity index (χ2v) is 8.67. The highest BCUT2D eigenvalue weighted by molar-refractivity contribution is 7.88. The molecule has 0 saturated heterocycles. The van der Waals surface area contributed by atoms with Gasteiger partial charge in [0.1, 0.15) is 6.54 Å². The molecule has 0 bridgehead atoms. The zero-order valence-corrected chi connectivity index (χ0v) is 16.5. The van der Waals surface area contributed by atoms with E-state index in [0.717, 1.165) is 11.1 Å². The number of ketones is 1. The molecule has 2 rings (SSSR count). The molecule has 0 aromatic carbocycles. The van der Waals surface area contributed by atoms with Gasteiger partial charge in [-0.2, -0.15) is 0 Å². The first kappa shape index (κ1) is 20.9. The molecule has 0 atom stereocenters. The van der Waals surface area contributed by atoms with E-state index in [1.165, 1.54) is 16.2 Å². The summed E-state index contributed by atoms with van der Waals surface area (Å²) in [5.41, 5.74) is 0. The highest BCUT2D eigenvalue weighted by Crippen LogP contribution is 2.17. The van der Waals surface area contributed by atoms with Crippen molar-refractivity contribution in [2.75, 3.05) is 37.9 Å². The van der Waals surface area contributed by atoms with Gasteiger partial charge in [0, 0.05) is 30.9 Å². The molecule has 0 aliphatic rings. The number of hydrogen-bond acceptors (Lipinski definition) is 9. The fourth-order valence-electron chi connectivity index (χ4n) is 2.04. The highest BCUT2D eigenvalue weighted by atomic mass is 32.2. The Morgan fingerprint density at radius 1 is 1.26 bits per heavy atom. The minimum absolute atomic E-state index is 0.0792. The lowest BCUT2D eigenvalue weighted by Gasteiger charge is -2.15. The third-order valence-corrected chi connectivity index (χ3v) is 5.21. The van der Waals surface area contributed by atoms with E-state index in [0.29, 0.717) is 17.2 Å². The van der Waals surface area contributed by atoms with E-state index in [9.17, 15) is 18.0 Å². The van der Waals surface area contributed by atoms with Gasteiger partial charge in [-0.25, -0.2) is 23.1 Å². The third-order valence-electron chi connectivity index (χ3n) is 3.30. The van der Waals surface area contributed by atoms with Crippen molar-refractivity contribution in [2.24, 2.45) is 0 Å². The molecule has 0 aliphatic carbocycles. The number of hydrogen-bond donors (Lipinski definition) is 1. The van der Waals surface area contributed by atoms with Crippen molar-refractivity contribution < 1.29 is 22.7 Å². The molecular formula is C16H20N4O5S2. The Bertz CT molecular complexity index is 883. The smallest absolute Gasteiger partial charge is 0.326 e. The van der Waals surface area contributed by atoms with Crippen molar-refractivity contribution >= 4 is 39.1 Å². The zero-order chi connectivity index (χ0) is 19.9. The maximum Gasteiger partial charge on any atom is 0.326 e. The highest BCUT2D eigenvalue weighted by Gasteiger charge is 2.15. The van der Waals surface area contributed by atoms with Crippen LogP contribution in [0.1, 0.15) is 14.5 Å². The van der Waals surface area contributed by atoms with Crippen LogP contribution >= 0.6 is 11.3 Å². The molecule has 0 fully saturated rings. The summed E-state index contributed by atoms with van der Waals surface area (Å²) in [7, 11) is -1.59. The SMILES string of the molecule is CN(CC(=O)OCC(=O)c1ccc(CCNS(C)(=O)=O)s1)c1ncccn1. The predicted molar refractivity (Wildman–Crippen MR) is 101 cm³/mol. The number of likely N-dealkylation sites (N-methyl/N-ethyl adjacent to an activating group) is 1. The average Bonchev–Trinajstić information content (AvgIpc) is 3.08. The quantitative estimate of drug-likeness (QED) is 0.442. The number of nitrogens with one attached hydrogen (secondary N) is 1. The van der Waals surface area contributed by atoms with Crippen LogP contribution in [0.5, 0.6) is 0 Å². The first-order valence-corrected chi connectivity index (χ1v) is 10.7. The van der Waals surface area contributed by atoms with Crippen LogP contribution in [0, 0.1) is 0 Å². The number of sulfonamides is 1. The Morgan fingerprint density at radius 2 is 1.96 bits per heavy atom. The Hall–Kier alpha value is -2.37. The second kappa shape index (κ2) is 9.53. The first-order chi connectivity index (χ1) is 12.7. The number of rotatable bonds is 10. The fourth-order valence-corrected chi connectivity index (χ4v) is 3.44. The molecule has 9 nitrogen and oxygen atoms in total. The van der Waals surface area contributed by atoms with Gasteiger partial charge < -0.3 is 9.64 Å². The molecule has 0 unspecified atom stereocenters. The third kappa shape index (κ3) is 7.41. The van der Waals surface area contributed by atoms with Crippen molar-refractivity contribution in [3.8, 4) is 0 Å². The van der Waals surface area contributed by atoms with Crippen LogP contribution < -0.4 is 9.62 Å². The normalized spacial score (nSPS) is 11.2. The minimum Gasteiger partial charge on any atom is -0.456 e. The number of ether oxygens (including phenoxy) is 1. The van der Waals surface area contributed by atoms with Gasteiger partial charge in [-0.1, -0.05) is 0 Å². The number of Topliss-reactive ketones (excluding diaryl/α,β-unsaturated/α-hetero) is 1. The average molecular weight is 412 g/mol. The van der Waals surface area contributed by atoms with Gasteiger partial charge in [0.25, 0.3) is 0 Å². The lowest BCUT2D eigenvalue weighted by atomic mass is 10.3. The standard InChI is InChI=1S/C16H20N4O5S2/c1-20(16-17-7-3-8-18-16)10-15(22)25-11-13(21)14-5-4-12(26-14)6-9-19-27(2,23)24/h3-5,7-8,19H,6,9-11H2,1-2H3. The van der Waals surface area contributed by atoms with Crippen molar-refractivity contribution in [3.63, 3.8) is 0 Å². The summed E-state index contributed by atoms with van der Waals surface area (Å²) >= 11 is 1.25. The largest absolute Gasteiger partial charge is 0.456 e. The van der Waals surface area contributed by atoms with Crippen LogP contribution in [0.15, 0.2) is 30.6 Å². The molecule has 0 amide bonds. The maximum absolute atomic E-state index is 12.1. The molecule has 0 aliphatic heterocycles. The van der Waals surface area contributed by atoms with Gasteiger partial charge in [0.05, 0.1) is 11.1 Å². The fraction of sp³-hybridized carbons (Fsp3) is 0.375. The van der Waals surface area contributed by atoms with E-state index < -0.39 is 16.0 Å². The van der Waals surface area contributed by atoms with E-state index >= 15 is 0 Å². The molecule has 2 heterocycles. The molecule has 2 aromatic rings. The number of carbonyl (C=O) groups excluding carboxylic acids is 2. The summed E-state index contributed by atoms with van der Waals surface area (Å²) < 4.78 is 29.5. The van der Waals surface area contributed by atoms with Crippen LogP contribution in [-0.4, -0.2) is 63.1 Å². The number of nitrogens with zero attached hydrogens (tertiary/aromatic N) is 3. The zero-order valence-electron chi connectivity index (χ0n) is 14.9. The lowest BCUT2D eigenvalue weighted by Crippen LogP contribution is -2.29. The van der Waals surface area contributed by atoms with Crippen LogP contribution in [0.25, 0.3) is 0 Å². The molecule has 27 heavy (non-hydrogen) atoms. The Labute approximate surface area is 161 Å². The number of carbonyl (C=O) groups is 2. The van der Waals surface area contributed by atoms with Gasteiger partial charge in [-0.3, -0.25) is 9.59 Å². The summed E-state index contributed by atoms with van der Waals surface area (Å²) in [5, 5.41) is 0. The second-order valence-electron chi connectivity index (χ2n) is 5.67. The Balaban J connectivity index is 1.77. The molecule has 146 valence electrons. The summed E-state index contributed by atoms with van der Waals surface area (Å²) in [5.74, 6) is -0.493. The minimum atomic E-state index is -3.23. The molecule has 11 heteroatoms. The van der Waals surface area contributed by atoms with Gasteiger partial charge >= 0.3 is 5.97 Å². The molecule has 1 N–H and O–H groups in total. The Morgan fingerprint density at radius 3 is 2.63 bits per heavy atom. The van der Waals surface area contributed by atoms with Gasteiger partial charge in [0.2, 0.25) is 21.8 Å². The van der Waals surface area contributed by atoms with Crippen LogP contribution in [-0.2, 0) is 26.0 Å². The number of thiophene rings is 1. The Kier molecular flexibility index (Phi) is 7.39. The summed E-state index contributed by atoms with van der Waals surface area (Å²) in [6.45, 7) is -0.177.